The zero-order valence-electron chi connectivity index (χ0n) is 8.93. The predicted molar refractivity (Wildman–Crippen MR) is 62.6 cm³/mol. The van der Waals surface area contributed by atoms with Crippen molar-refractivity contribution in [2.75, 3.05) is 12.8 Å². The second kappa shape index (κ2) is 3.88. The highest BCUT2D eigenvalue weighted by atomic mass is 32.2. The van der Waals surface area contributed by atoms with E-state index in [0.717, 1.165) is 12.8 Å². The van der Waals surface area contributed by atoms with Crippen LogP contribution in [0.5, 0.6) is 0 Å². The Labute approximate surface area is 94.8 Å². The molecule has 15 heavy (non-hydrogen) atoms. The van der Waals surface area contributed by atoms with Crippen LogP contribution in [0.4, 0.5) is 0 Å². The van der Waals surface area contributed by atoms with Gasteiger partial charge in [0, 0.05) is 11.4 Å². The normalized spacial score (nSPS) is 22.7. The van der Waals surface area contributed by atoms with Crippen LogP contribution in [0.1, 0.15) is 29.8 Å². The number of thiophene rings is 1. The van der Waals surface area contributed by atoms with Crippen molar-refractivity contribution < 1.29 is 8.42 Å². The topological polar surface area (TPSA) is 37.4 Å². The van der Waals surface area contributed by atoms with Crippen LogP contribution in [0.2, 0.25) is 0 Å². The molecule has 0 bridgehead atoms. The maximum atomic E-state index is 11.6. The first-order valence-corrected chi connectivity index (χ1v) is 7.80. The van der Waals surface area contributed by atoms with Crippen molar-refractivity contribution in [2.45, 2.75) is 25.8 Å². The van der Waals surface area contributed by atoms with E-state index in [-0.39, 0.29) is 6.04 Å². The molecule has 2 rings (SSSR count). The lowest BCUT2D eigenvalue weighted by Gasteiger charge is -2.33. The number of nitrogens with zero attached hydrogens (tertiary/aromatic N) is 1. The first-order chi connectivity index (χ1) is 7.04. The van der Waals surface area contributed by atoms with E-state index in [9.17, 15) is 8.42 Å². The fraction of sp³-hybridized carbons (Fsp3) is 0.600. The minimum absolute atomic E-state index is 0.0509. The van der Waals surface area contributed by atoms with Crippen molar-refractivity contribution in [1.29, 1.82) is 0 Å². The van der Waals surface area contributed by atoms with Crippen LogP contribution in [0.15, 0.2) is 11.4 Å². The van der Waals surface area contributed by atoms with Gasteiger partial charge in [-0.1, -0.05) is 6.92 Å². The van der Waals surface area contributed by atoms with Crippen LogP contribution < -0.4 is 0 Å². The molecule has 0 spiro atoms. The molecule has 1 aromatic rings. The standard InChI is InChI=1S/C10H15NO2S2/c1-3-9-8-5-7-14-10(8)4-6-11(9)15(2,12)13/h5,7,9H,3-4,6H2,1-2H3/t9-/m1/s1. The number of rotatable bonds is 2. The van der Waals surface area contributed by atoms with E-state index in [1.54, 1.807) is 15.6 Å². The van der Waals surface area contributed by atoms with Gasteiger partial charge in [0.05, 0.1) is 12.3 Å². The molecule has 0 unspecified atom stereocenters. The van der Waals surface area contributed by atoms with E-state index in [2.05, 4.69) is 11.4 Å². The molecule has 0 aliphatic carbocycles. The molecule has 2 heterocycles. The monoisotopic (exact) mass is 245 g/mol. The van der Waals surface area contributed by atoms with Gasteiger partial charge in [-0.05, 0) is 29.9 Å². The third-order valence-electron chi connectivity index (χ3n) is 2.86. The van der Waals surface area contributed by atoms with Gasteiger partial charge in [0.15, 0.2) is 0 Å². The lowest BCUT2D eigenvalue weighted by molar-refractivity contribution is 0.305. The summed E-state index contributed by atoms with van der Waals surface area (Å²) in [6.07, 6.45) is 3.00. The van der Waals surface area contributed by atoms with Crippen molar-refractivity contribution in [3.05, 3.63) is 21.9 Å². The van der Waals surface area contributed by atoms with Crippen LogP contribution in [0, 0.1) is 0 Å². The molecule has 0 N–H and O–H groups in total. The molecule has 0 radical (unpaired) electrons. The maximum absolute atomic E-state index is 11.6. The molecule has 84 valence electrons. The zero-order chi connectivity index (χ0) is 11.1. The van der Waals surface area contributed by atoms with Crippen molar-refractivity contribution in [3.63, 3.8) is 0 Å². The van der Waals surface area contributed by atoms with E-state index >= 15 is 0 Å². The van der Waals surface area contributed by atoms with Crippen LogP contribution in [-0.4, -0.2) is 25.5 Å². The molecule has 0 saturated carbocycles. The van der Waals surface area contributed by atoms with E-state index in [1.165, 1.54) is 16.7 Å². The Morgan fingerprint density at radius 2 is 2.33 bits per heavy atom. The summed E-state index contributed by atoms with van der Waals surface area (Å²) in [5, 5.41) is 2.05. The summed E-state index contributed by atoms with van der Waals surface area (Å²) in [7, 11) is -3.07. The zero-order valence-corrected chi connectivity index (χ0v) is 10.6. The summed E-state index contributed by atoms with van der Waals surface area (Å²) in [6, 6.07) is 2.11. The van der Waals surface area contributed by atoms with Gasteiger partial charge in [0.1, 0.15) is 0 Å². The van der Waals surface area contributed by atoms with Gasteiger partial charge in [-0.15, -0.1) is 11.3 Å². The fourth-order valence-electron chi connectivity index (χ4n) is 2.19. The Balaban J connectivity index is 2.41. The number of hydrogen-bond acceptors (Lipinski definition) is 3. The quantitative estimate of drug-likeness (QED) is 0.799. The van der Waals surface area contributed by atoms with Crippen molar-refractivity contribution >= 4 is 21.4 Å². The van der Waals surface area contributed by atoms with Crippen molar-refractivity contribution in [2.24, 2.45) is 0 Å². The Kier molecular flexibility index (Phi) is 2.87. The SMILES string of the molecule is CC[C@@H]1c2ccsc2CCN1S(C)(=O)=O. The van der Waals surface area contributed by atoms with Gasteiger partial charge in [0.2, 0.25) is 10.0 Å². The average Bonchev–Trinajstić information content (AvgIpc) is 2.61. The number of hydrogen-bond donors (Lipinski definition) is 0. The summed E-state index contributed by atoms with van der Waals surface area (Å²) >= 11 is 1.74. The molecule has 1 aliphatic rings. The lowest BCUT2D eigenvalue weighted by atomic mass is 10.0. The summed E-state index contributed by atoms with van der Waals surface area (Å²) in [5.41, 5.74) is 1.21. The Morgan fingerprint density at radius 3 is 2.93 bits per heavy atom. The molecule has 0 aromatic carbocycles. The van der Waals surface area contributed by atoms with E-state index in [0.29, 0.717) is 6.54 Å². The van der Waals surface area contributed by atoms with Crippen LogP contribution >= 0.6 is 11.3 Å². The highest BCUT2D eigenvalue weighted by Crippen LogP contribution is 2.36. The van der Waals surface area contributed by atoms with Gasteiger partial charge in [-0.25, -0.2) is 8.42 Å². The molecule has 1 aromatic heterocycles. The fourth-order valence-corrected chi connectivity index (χ4v) is 4.27. The molecule has 5 heteroatoms. The Hall–Kier alpha value is -0.390. The van der Waals surface area contributed by atoms with Crippen LogP contribution in [0.3, 0.4) is 0 Å². The molecule has 0 saturated heterocycles. The number of fused-ring (bicyclic) bond motifs is 1. The molecule has 3 nitrogen and oxygen atoms in total. The molecule has 1 atom stereocenters. The molecule has 1 aliphatic heterocycles. The minimum atomic E-state index is -3.07. The molecule has 0 fully saturated rings. The van der Waals surface area contributed by atoms with Gasteiger partial charge in [-0.2, -0.15) is 4.31 Å². The van der Waals surface area contributed by atoms with Gasteiger partial charge in [0.25, 0.3) is 0 Å². The second-order valence-corrected chi connectivity index (χ2v) is 6.78. The Bertz CT molecular complexity index is 450. The van der Waals surface area contributed by atoms with E-state index < -0.39 is 10.0 Å². The van der Waals surface area contributed by atoms with Crippen molar-refractivity contribution in [3.8, 4) is 0 Å². The summed E-state index contributed by atoms with van der Waals surface area (Å²) in [4.78, 5) is 1.35. The average molecular weight is 245 g/mol. The smallest absolute Gasteiger partial charge is 0.211 e. The highest BCUT2D eigenvalue weighted by Gasteiger charge is 2.32. The third-order valence-corrected chi connectivity index (χ3v) is 5.14. The van der Waals surface area contributed by atoms with Gasteiger partial charge >= 0.3 is 0 Å². The van der Waals surface area contributed by atoms with Gasteiger partial charge < -0.3 is 0 Å². The maximum Gasteiger partial charge on any atom is 0.211 e. The second-order valence-electron chi connectivity index (χ2n) is 3.85. The predicted octanol–water partition coefficient (Wildman–Crippen LogP) is 2.02. The number of sulfonamides is 1. The summed E-state index contributed by atoms with van der Waals surface area (Å²) in [6.45, 7) is 2.67. The molecular formula is C10H15NO2S2. The molecule has 0 amide bonds. The summed E-state index contributed by atoms with van der Waals surface area (Å²) in [5.74, 6) is 0. The van der Waals surface area contributed by atoms with E-state index in [4.69, 9.17) is 0 Å². The van der Waals surface area contributed by atoms with Crippen LogP contribution in [0.25, 0.3) is 0 Å². The van der Waals surface area contributed by atoms with E-state index in [1.807, 2.05) is 6.92 Å². The Morgan fingerprint density at radius 1 is 1.60 bits per heavy atom. The molecular weight excluding hydrogens is 230 g/mol. The van der Waals surface area contributed by atoms with Crippen molar-refractivity contribution in [1.82, 2.24) is 4.31 Å². The third kappa shape index (κ3) is 1.96. The minimum Gasteiger partial charge on any atom is -0.212 e. The summed E-state index contributed by atoms with van der Waals surface area (Å²) < 4.78 is 24.9. The van der Waals surface area contributed by atoms with Gasteiger partial charge in [-0.3, -0.25) is 0 Å². The first kappa shape index (κ1) is 11.1. The first-order valence-electron chi connectivity index (χ1n) is 5.07. The lowest BCUT2D eigenvalue weighted by Crippen LogP contribution is -2.38. The van der Waals surface area contributed by atoms with Crippen LogP contribution in [-0.2, 0) is 16.4 Å². The largest absolute Gasteiger partial charge is 0.212 e. The highest BCUT2D eigenvalue weighted by molar-refractivity contribution is 7.88.